The number of hydrogen-bond acceptors (Lipinski definition) is 5. The predicted molar refractivity (Wildman–Crippen MR) is 87.2 cm³/mol. The van der Waals surface area contributed by atoms with E-state index in [9.17, 15) is 13.6 Å². The van der Waals surface area contributed by atoms with E-state index in [0.717, 1.165) is 17.8 Å². The van der Waals surface area contributed by atoms with Gasteiger partial charge >= 0.3 is 0 Å². The van der Waals surface area contributed by atoms with E-state index in [0.29, 0.717) is 5.13 Å². The van der Waals surface area contributed by atoms with Crippen LogP contribution in [0.25, 0.3) is 0 Å². The first-order valence-electron chi connectivity index (χ1n) is 6.96. The third-order valence-electron chi connectivity index (χ3n) is 3.10. The summed E-state index contributed by atoms with van der Waals surface area (Å²) in [6.45, 7) is -0.0478. The summed E-state index contributed by atoms with van der Waals surface area (Å²) < 4.78 is 26.4. The van der Waals surface area contributed by atoms with Crippen LogP contribution in [0.1, 0.15) is 16.1 Å². The van der Waals surface area contributed by atoms with Crippen molar-refractivity contribution in [3.63, 3.8) is 0 Å². The highest BCUT2D eigenvalue weighted by molar-refractivity contribution is 7.14. The maximum absolute atomic E-state index is 13.5. The van der Waals surface area contributed by atoms with E-state index in [2.05, 4.69) is 20.6 Å². The molecule has 24 heavy (non-hydrogen) atoms. The molecule has 0 atom stereocenters. The van der Waals surface area contributed by atoms with Crippen molar-refractivity contribution in [2.75, 3.05) is 5.32 Å². The SMILES string of the molecule is O=C(NCc1ccc(F)cc1F)c1csc(Nc2cccnc2)n1. The van der Waals surface area contributed by atoms with E-state index >= 15 is 0 Å². The summed E-state index contributed by atoms with van der Waals surface area (Å²) in [5, 5.41) is 7.72. The smallest absolute Gasteiger partial charge is 0.271 e. The molecule has 0 spiro atoms. The van der Waals surface area contributed by atoms with E-state index in [1.165, 1.54) is 17.4 Å². The van der Waals surface area contributed by atoms with Crippen molar-refractivity contribution in [3.8, 4) is 0 Å². The molecule has 0 aliphatic carbocycles. The van der Waals surface area contributed by atoms with Crippen molar-refractivity contribution in [2.45, 2.75) is 6.54 Å². The van der Waals surface area contributed by atoms with Crippen molar-refractivity contribution in [3.05, 3.63) is 71.0 Å². The van der Waals surface area contributed by atoms with E-state index in [-0.39, 0.29) is 17.8 Å². The number of amides is 1. The molecule has 3 rings (SSSR count). The molecule has 0 saturated carbocycles. The Kier molecular flexibility index (Phi) is 4.76. The first kappa shape index (κ1) is 16.0. The van der Waals surface area contributed by atoms with Gasteiger partial charge in [-0.3, -0.25) is 9.78 Å². The maximum atomic E-state index is 13.5. The van der Waals surface area contributed by atoms with Crippen molar-refractivity contribution in [1.82, 2.24) is 15.3 Å². The summed E-state index contributed by atoms with van der Waals surface area (Å²) in [6.07, 6.45) is 3.29. The van der Waals surface area contributed by atoms with Gasteiger partial charge in [0.2, 0.25) is 0 Å². The molecule has 122 valence electrons. The van der Waals surface area contributed by atoms with Crippen LogP contribution in [0.2, 0.25) is 0 Å². The predicted octanol–water partition coefficient (Wildman–Crippen LogP) is 3.49. The molecule has 3 aromatic rings. The summed E-state index contributed by atoms with van der Waals surface area (Å²) in [6, 6.07) is 6.82. The Morgan fingerprint density at radius 3 is 2.88 bits per heavy atom. The van der Waals surface area contributed by atoms with Crippen LogP contribution in [0.4, 0.5) is 19.6 Å². The van der Waals surface area contributed by atoms with Crippen LogP contribution in [0.5, 0.6) is 0 Å². The minimum Gasteiger partial charge on any atom is -0.346 e. The third kappa shape index (κ3) is 3.90. The second-order valence-corrected chi connectivity index (χ2v) is 5.68. The summed E-state index contributed by atoms with van der Waals surface area (Å²) in [4.78, 5) is 20.2. The molecule has 0 fully saturated rings. The number of hydrogen-bond donors (Lipinski definition) is 2. The summed E-state index contributed by atoms with van der Waals surface area (Å²) >= 11 is 1.26. The number of carbonyl (C=O) groups excluding carboxylic acids is 1. The quantitative estimate of drug-likeness (QED) is 0.742. The van der Waals surface area contributed by atoms with E-state index in [1.807, 2.05) is 6.07 Å². The lowest BCUT2D eigenvalue weighted by molar-refractivity contribution is 0.0946. The van der Waals surface area contributed by atoms with E-state index in [1.54, 1.807) is 23.8 Å². The molecular formula is C16H12F2N4OS. The monoisotopic (exact) mass is 346 g/mol. The fourth-order valence-corrected chi connectivity index (χ4v) is 2.64. The summed E-state index contributed by atoms with van der Waals surface area (Å²) in [5.41, 5.74) is 1.18. The Labute approximate surface area is 140 Å². The first-order valence-corrected chi connectivity index (χ1v) is 7.84. The lowest BCUT2D eigenvalue weighted by Crippen LogP contribution is -2.23. The Hall–Kier alpha value is -2.87. The second kappa shape index (κ2) is 7.14. The van der Waals surface area contributed by atoms with Gasteiger partial charge in [0.25, 0.3) is 5.91 Å². The molecule has 0 saturated heterocycles. The van der Waals surface area contributed by atoms with Crippen LogP contribution in [-0.2, 0) is 6.54 Å². The molecule has 8 heteroatoms. The van der Waals surface area contributed by atoms with E-state index < -0.39 is 17.5 Å². The molecule has 0 unspecified atom stereocenters. The maximum Gasteiger partial charge on any atom is 0.271 e. The number of thiazole rings is 1. The average Bonchev–Trinajstić information content (AvgIpc) is 3.03. The van der Waals surface area contributed by atoms with Gasteiger partial charge in [0.1, 0.15) is 17.3 Å². The first-order chi connectivity index (χ1) is 11.6. The number of pyridine rings is 1. The van der Waals surface area contributed by atoms with E-state index in [4.69, 9.17) is 0 Å². The van der Waals surface area contributed by atoms with Crippen molar-refractivity contribution in [2.24, 2.45) is 0 Å². The van der Waals surface area contributed by atoms with Crippen molar-refractivity contribution >= 4 is 28.1 Å². The largest absolute Gasteiger partial charge is 0.346 e. The summed E-state index contributed by atoms with van der Waals surface area (Å²) in [5.74, 6) is -1.80. The Bertz CT molecular complexity index is 854. The van der Waals surface area contributed by atoms with Gasteiger partial charge in [0.15, 0.2) is 5.13 Å². The molecule has 1 amide bonds. The zero-order valence-corrected chi connectivity index (χ0v) is 13.1. The highest BCUT2D eigenvalue weighted by atomic mass is 32.1. The standard InChI is InChI=1S/C16H12F2N4OS/c17-11-4-3-10(13(18)6-11)7-20-15(23)14-9-24-16(22-14)21-12-2-1-5-19-8-12/h1-6,8-9H,7H2,(H,20,23)(H,21,22). The van der Waals surface area contributed by atoms with Crippen LogP contribution >= 0.6 is 11.3 Å². The van der Waals surface area contributed by atoms with Gasteiger partial charge in [0, 0.05) is 29.8 Å². The molecule has 1 aromatic carbocycles. The molecule has 2 aromatic heterocycles. The number of benzene rings is 1. The average molecular weight is 346 g/mol. The molecule has 0 aliphatic heterocycles. The summed E-state index contributed by atoms with van der Waals surface area (Å²) in [7, 11) is 0. The molecular weight excluding hydrogens is 334 g/mol. The lowest BCUT2D eigenvalue weighted by atomic mass is 10.2. The molecule has 2 heterocycles. The van der Waals surface area contributed by atoms with Gasteiger partial charge in [-0.2, -0.15) is 0 Å². The van der Waals surface area contributed by atoms with Crippen LogP contribution in [0.3, 0.4) is 0 Å². The van der Waals surface area contributed by atoms with Crippen LogP contribution in [0.15, 0.2) is 48.1 Å². The molecule has 0 aliphatic rings. The Morgan fingerprint density at radius 2 is 2.12 bits per heavy atom. The van der Waals surface area contributed by atoms with Crippen molar-refractivity contribution in [1.29, 1.82) is 0 Å². The van der Waals surface area contributed by atoms with Gasteiger partial charge in [-0.15, -0.1) is 11.3 Å². The van der Waals surface area contributed by atoms with Crippen LogP contribution in [-0.4, -0.2) is 15.9 Å². The van der Waals surface area contributed by atoms with Gasteiger partial charge in [0.05, 0.1) is 11.9 Å². The minimum absolute atomic E-state index is 0.0478. The molecule has 2 N–H and O–H groups in total. The highest BCUT2D eigenvalue weighted by Crippen LogP contribution is 2.20. The molecule has 5 nitrogen and oxygen atoms in total. The molecule has 0 bridgehead atoms. The van der Waals surface area contributed by atoms with Crippen LogP contribution < -0.4 is 10.6 Å². The fraction of sp³-hybridized carbons (Fsp3) is 0.0625. The number of anilines is 2. The number of aromatic nitrogens is 2. The second-order valence-electron chi connectivity index (χ2n) is 4.82. The zero-order chi connectivity index (χ0) is 16.9. The Morgan fingerprint density at radius 1 is 1.25 bits per heavy atom. The third-order valence-corrected chi connectivity index (χ3v) is 3.86. The van der Waals surface area contributed by atoms with Gasteiger partial charge in [-0.1, -0.05) is 6.07 Å². The number of nitrogens with one attached hydrogen (secondary N) is 2. The number of rotatable bonds is 5. The normalized spacial score (nSPS) is 10.4. The topological polar surface area (TPSA) is 66.9 Å². The number of halogens is 2. The van der Waals surface area contributed by atoms with Crippen LogP contribution in [0, 0.1) is 11.6 Å². The van der Waals surface area contributed by atoms with Gasteiger partial charge in [-0.25, -0.2) is 13.8 Å². The van der Waals surface area contributed by atoms with Crippen molar-refractivity contribution < 1.29 is 13.6 Å². The number of nitrogens with zero attached hydrogens (tertiary/aromatic N) is 2. The minimum atomic E-state index is -0.701. The Balaban J connectivity index is 1.61. The zero-order valence-electron chi connectivity index (χ0n) is 12.3. The lowest BCUT2D eigenvalue weighted by Gasteiger charge is -2.05. The van der Waals surface area contributed by atoms with Gasteiger partial charge < -0.3 is 10.6 Å². The molecule has 0 radical (unpaired) electrons. The fourth-order valence-electron chi connectivity index (χ4n) is 1.93. The highest BCUT2D eigenvalue weighted by Gasteiger charge is 2.12. The number of carbonyl (C=O) groups is 1. The van der Waals surface area contributed by atoms with Gasteiger partial charge in [-0.05, 0) is 18.2 Å².